The predicted molar refractivity (Wildman–Crippen MR) is 90.8 cm³/mol. The van der Waals surface area contributed by atoms with E-state index in [2.05, 4.69) is 20.6 Å². The second kappa shape index (κ2) is 6.63. The lowest BCUT2D eigenvalue weighted by molar-refractivity contribution is 0.0686. The van der Waals surface area contributed by atoms with Gasteiger partial charge in [-0.25, -0.2) is 14.6 Å². The Morgan fingerprint density at radius 1 is 1.24 bits per heavy atom. The number of aromatic hydroxyl groups is 1. The van der Waals surface area contributed by atoms with Gasteiger partial charge in [0.05, 0.1) is 0 Å². The van der Waals surface area contributed by atoms with Crippen LogP contribution in [0, 0.1) is 0 Å². The van der Waals surface area contributed by atoms with Crippen molar-refractivity contribution in [1.29, 1.82) is 0 Å². The van der Waals surface area contributed by atoms with E-state index in [1.165, 1.54) is 6.07 Å². The fraction of sp³-hybridized carbons (Fsp3) is 0.250. The Bertz CT molecular complexity index is 883. The van der Waals surface area contributed by atoms with Crippen LogP contribution in [0.2, 0.25) is 0 Å². The standard InChI is InChI=1S/C16H18N4O5/c1-16(2,3)20-15(25)17-9-6-4-5-8(7-9)12-18-10(14(23)24)11(21)13(22)19-12/h4-7,21H,1-3H3,(H,23,24)(H2,17,20,25)(H,18,19,22). The third-order valence-corrected chi connectivity index (χ3v) is 2.98. The molecule has 5 N–H and O–H groups in total. The number of aromatic nitrogens is 2. The molecule has 1 heterocycles. The lowest BCUT2D eigenvalue weighted by Crippen LogP contribution is -2.43. The van der Waals surface area contributed by atoms with Crippen molar-refractivity contribution in [2.45, 2.75) is 26.3 Å². The summed E-state index contributed by atoms with van der Waals surface area (Å²) in [6, 6.07) is 5.91. The van der Waals surface area contributed by atoms with Crippen LogP contribution in [-0.2, 0) is 0 Å². The molecule has 0 saturated carbocycles. The molecule has 1 aromatic carbocycles. The normalized spacial score (nSPS) is 11.0. The van der Waals surface area contributed by atoms with E-state index < -0.39 is 34.5 Å². The van der Waals surface area contributed by atoms with Gasteiger partial charge < -0.3 is 25.8 Å². The zero-order valence-electron chi connectivity index (χ0n) is 13.9. The Hall–Kier alpha value is -3.36. The third kappa shape index (κ3) is 4.56. The van der Waals surface area contributed by atoms with Gasteiger partial charge in [0, 0.05) is 16.8 Å². The van der Waals surface area contributed by atoms with Crippen LogP contribution in [0.3, 0.4) is 0 Å². The number of benzene rings is 1. The van der Waals surface area contributed by atoms with E-state index in [1.807, 2.05) is 20.8 Å². The minimum absolute atomic E-state index is 0.0416. The highest BCUT2D eigenvalue weighted by atomic mass is 16.4. The molecule has 0 atom stereocenters. The van der Waals surface area contributed by atoms with Crippen LogP contribution in [0.5, 0.6) is 5.75 Å². The molecule has 0 saturated heterocycles. The molecule has 25 heavy (non-hydrogen) atoms. The second-order valence-corrected chi connectivity index (χ2v) is 6.33. The average Bonchev–Trinajstić information content (AvgIpc) is 2.47. The molecule has 2 amide bonds. The Kier molecular flexibility index (Phi) is 4.77. The van der Waals surface area contributed by atoms with Crippen LogP contribution in [0.1, 0.15) is 31.3 Å². The van der Waals surface area contributed by atoms with Crippen LogP contribution in [-0.4, -0.2) is 37.7 Å². The summed E-state index contributed by atoms with van der Waals surface area (Å²) in [5.74, 6) is -2.53. The fourth-order valence-corrected chi connectivity index (χ4v) is 2.00. The fourth-order valence-electron chi connectivity index (χ4n) is 2.00. The maximum atomic E-state index is 11.9. The summed E-state index contributed by atoms with van der Waals surface area (Å²) in [6.45, 7) is 5.50. The average molecular weight is 346 g/mol. The maximum absolute atomic E-state index is 11.9. The Morgan fingerprint density at radius 2 is 1.92 bits per heavy atom. The van der Waals surface area contributed by atoms with Crippen molar-refractivity contribution in [3.63, 3.8) is 0 Å². The topological polar surface area (TPSA) is 144 Å². The molecule has 132 valence electrons. The number of amides is 2. The molecule has 0 aliphatic carbocycles. The van der Waals surface area contributed by atoms with E-state index in [4.69, 9.17) is 5.11 Å². The zero-order chi connectivity index (χ0) is 18.8. The minimum Gasteiger partial charge on any atom is -0.501 e. The number of carbonyl (C=O) groups excluding carboxylic acids is 1. The molecule has 2 aromatic rings. The Labute approximate surface area is 142 Å². The molecule has 0 fully saturated rings. The van der Waals surface area contributed by atoms with Crippen molar-refractivity contribution >= 4 is 17.7 Å². The van der Waals surface area contributed by atoms with E-state index in [0.717, 1.165) is 0 Å². The predicted octanol–water partition coefficient (Wildman–Crippen LogP) is 1.76. The number of nitrogens with zero attached hydrogens (tertiary/aromatic N) is 1. The van der Waals surface area contributed by atoms with Gasteiger partial charge in [-0.05, 0) is 32.9 Å². The number of nitrogens with one attached hydrogen (secondary N) is 3. The van der Waals surface area contributed by atoms with Crippen molar-refractivity contribution in [2.24, 2.45) is 0 Å². The molecule has 0 spiro atoms. The minimum atomic E-state index is -1.52. The smallest absolute Gasteiger partial charge is 0.358 e. The van der Waals surface area contributed by atoms with Gasteiger partial charge in [0.15, 0.2) is 5.69 Å². The molecule has 0 aliphatic heterocycles. The number of aromatic amines is 1. The molecule has 0 unspecified atom stereocenters. The molecule has 9 heteroatoms. The molecule has 2 rings (SSSR count). The van der Waals surface area contributed by atoms with Crippen LogP contribution in [0.25, 0.3) is 11.4 Å². The molecular formula is C16H18N4O5. The van der Waals surface area contributed by atoms with Gasteiger partial charge in [-0.15, -0.1) is 0 Å². The molecule has 9 nitrogen and oxygen atoms in total. The summed E-state index contributed by atoms with van der Waals surface area (Å²) < 4.78 is 0. The van der Waals surface area contributed by atoms with Gasteiger partial charge in [0.1, 0.15) is 5.82 Å². The number of urea groups is 1. The SMILES string of the molecule is CC(C)(C)NC(=O)Nc1cccc(-c2nc(C(=O)O)c(O)c(=O)[nH]2)c1. The van der Waals surface area contributed by atoms with Gasteiger partial charge in [-0.3, -0.25) is 4.79 Å². The van der Waals surface area contributed by atoms with Gasteiger partial charge in [-0.2, -0.15) is 0 Å². The lowest BCUT2D eigenvalue weighted by Gasteiger charge is -2.20. The summed E-state index contributed by atoms with van der Waals surface area (Å²) >= 11 is 0. The van der Waals surface area contributed by atoms with Crippen molar-refractivity contribution < 1.29 is 19.8 Å². The highest BCUT2D eigenvalue weighted by Gasteiger charge is 2.18. The van der Waals surface area contributed by atoms with Crippen molar-refractivity contribution in [2.75, 3.05) is 5.32 Å². The number of anilines is 1. The van der Waals surface area contributed by atoms with Crippen LogP contribution in [0.4, 0.5) is 10.5 Å². The van der Waals surface area contributed by atoms with E-state index in [9.17, 15) is 19.5 Å². The molecule has 0 radical (unpaired) electrons. The summed E-state index contributed by atoms with van der Waals surface area (Å²) in [5, 5.41) is 23.8. The first-order chi connectivity index (χ1) is 11.6. The van der Waals surface area contributed by atoms with Crippen molar-refractivity contribution in [3.05, 3.63) is 40.3 Å². The molecular weight excluding hydrogens is 328 g/mol. The van der Waals surface area contributed by atoms with Gasteiger partial charge in [0.2, 0.25) is 5.75 Å². The number of hydrogen-bond acceptors (Lipinski definition) is 5. The summed E-state index contributed by atoms with van der Waals surface area (Å²) in [7, 11) is 0. The monoisotopic (exact) mass is 346 g/mol. The maximum Gasteiger partial charge on any atom is 0.358 e. The van der Waals surface area contributed by atoms with Gasteiger partial charge in [0.25, 0.3) is 5.56 Å². The number of aromatic carboxylic acids is 1. The number of carbonyl (C=O) groups is 2. The molecule has 1 aromatic heterocycles. The number of carboxylic acid groups (broad SMARTS) is 1. The Balaban J connectivity index is 2.35. The summed E-state index contributed by atoms with van der Waals surface area (Å²) in [6.07, 6.45) is 0. The third-order valence-electron chi connectivity index (χ3n) is 2.98. The van der Waals surface area contributed by atoms with E-state index in [1.54, 1.807) is 18.2 Å². The number of hydrogen-bond donors (Lipinski definition) is 5. The Morgan fingerprint density at radius 3 is 2.52 bits per heavy atom. The first-order valence-corrected chi connectivity index (χ1v) is 7.33. The van der Waals surface area contributed by atoms with Gasteiger partial charge in [-0.1, -0.05) is 12.1 Å². The highest BCUT2D eigenvalue weighted by Crippen LogP contribution is 2.20. The number of carboxylic acids is 1. The van der Waals surface area contributed by atoms with Crippen LogP contribution < -0.4 is 16.2 Å². The lowest BCUT2D eigenvalue weighted by atomic mass is 10.1. The van der Waals surface area contributed by atoms with Crippen LogP contribution in [0.15, 0.2) is 29.1 Å². The van der Waals surface area contributed by atoms with E-state index >= 15 is 0 Å². The number of rotatable bonds is 3. The molecule has 0 aliphatic rings. The largest absolute Gasteiger partial charge is 0.501 e. The highest BCUT2D eigenvalue weighted by molar-refractivity contribution is 5.91. The van der Waals surface area contributed by atoms with Crippen molar-refractivity contribution in [3.8, 4) is 17.1 Å². The zero-order valence-corrected chi connectivity index (χ0v) is 13.9. The van der Waals surface area contributed by atoms with Crippen LogP contribution >= 0.6 is 0 Å². The quantitative estimate of drug-likeness (QED) is 0.573. The summed E-state index contributed by atoms with van der Waals surface area (Å²) in [4.78, 5) is 40.7. The first-order valence-electron chi connectivity index (χ1n) is 7.33. The first kappa shape index (κ1) is 18.0. The van der Waals surface area contributed by atoms with Gasteiger partial charge >= 0.3 is 12.0 Å². The second-order valence-electron chi connectivity index (χ2n) is 6.33. The van der Waals surface area contributed by atoms with Crippen molar-refractivity contribution in [1.82, 2.24) is 15.3 Å². The van der Waals surface area contributed by atoms with E-state index in [0.29, 0.717) is 11.3 Å². The van der Waals surface area contributed by atoms with E-state index in [-0.39, 0.29) is 5.82 Å². The summed E-state index contributed by atoms with van der Waals surface area (Å²) in [5.41, 5.74) is -1.34. The molecule has 0 bridgehead atoms. The number of H-pyrrole nitrogens is 1.